The Hall–Kier alpha value is -0.760. The zero-order chi connectivity index (χ0) is 10.1. The summed E-state index contributed by atoms with van der Waals surface area (Å²) in [6.45, 7) is 0.772. The van der Waals surface area contributed by atoms with Crippen molar-refractivity contribution in [2.24, 2.45) is 0 Å². The van der Waals surface area contributed by atoms with Gasteiger partial charge in [0.1, 0.15) is 5.75 Å². The van der Waals surface area contributed by atoms with E-state index in [1.807, 2.05) is 12.1 Å². The summed E-state index contributed by atoms with van der Waals surface area (Å²) in [4.78, 5) is 3.97. The Kier molecular flexibility index (Phi) is 6.16. The van der Waals surface area contributed by atoms with Crippen LogP contribution in [0.3, 0.4) is 0 Å². The van der Waals surface area contributed by atoms with Gasteiger partial charge >= 0.3 is 0 Å². The standard InChI is InChI=1S/C11H16ClNO/c12-7-3-1-2-4-9-14-11-6-5-8-13-10-11/h5-6,8,10H,1-4,7,9H2. The van der Waals surface area contributed by atoms with E-state index in [9.17, 15) is 0 Å². The maximum absolute atomic E-state index is 5.57. The lowest BCUT2D eigenvalue weighted by Gasteiger charge is -2.04. The fraction of sp³-hybridized carbons (Fsp3) is 0.545. The molecule has 14 heavy (non-hydrogen) atoms. The lowest BCUT2D eigenvalue weighted by Crippen LogP contribution is -1.97. The van der Waals surface area contributed by atoms with E-state index in [-0.39, 0.29) is 0 Å². The van der Waals surface area contributed by atoms with Gasteiger partial charge in [-0.3, -0.25) is 4.98 Å². The van der Waals surface area contributed by atoms with Gasteiger partial charge in [0.15, 0.2) is 0 Å². The SMILES string of the molecule is ClCCCCCCOc1cccnc1. The number of alkyl halides is 1. The van der Waals surface area contributed by atoms with Crippen molar-refractivity contribution in [2.75, 3.05) is 12.5 Å². The summed E-state index contributed by atoms with van der Waals surface area (Å²) < 4.78 is 5.49. The van der Waals surface area contributed by atoms with Crippen molar-refractivity contribution in [1.82, 2.24) is 4.98 Å². The predicted molar refractivity (Wildman–Crippen MR) is 58.9 cm³/mol. The summed E-state index contributed by atoms with van der Waals surface area (Å²) in [5.74, 6) is 1.62. The van der Waals surface area contributed by atoms with Gasteiger partial charge in [-0.05, 0) is 25.0 Å². The van der Waals surface area contributed by atoms with Crippen LogP contribution in [0.5, 0.6) is 5.75 Å². The van der Waals surface area contributed by atoms with Crippen LogP contribution in [0.25, 0.3) is 0 Å². The monoisotopic (exact) mass is 213 g/mol. The highest BCUT2D eigenvalue weighted by molar-refractivity contribution is 6.17. The number of nitrogens with zero attached hydrogens (tertiary/aromatic N) is 1. The number of hydrogen-bond acceptors (Lipinski definition) is 2. The molecule has 0 aromatic carbocycles. The molecule has 0 spiro atoms. The molecule has 0 aliphatic carbocycles. The summed E-state index contributed by atoms with van der Waals surface area (Å²) in [6, 6.07) is 3.80. The minimum Gasteiger partial charge on any atom is -0.492 e. The van der Waals surface area contributed by atoms with E-state index in [0.717, 1.165) is 31.1 Å². The Morgan fingerprint density at radius 2 is 2.07 bits per heavy atom. The number of ether oxygens (including phenoxy) is 1. The molecule has 1 aromatic heterocycles. The number of unbranched alkanes of at least 4 members (excludes halogenated alkanes) is 3. The number of pyridine rings is 1. The van der Waals surface area contributed by atoms with Gasteiger partial charge < -0.3 is 4.74 Å². The van der Waals surface area contributed by atoms with Crippen LogP contribution in [0.2, 0.25) is 0 Å². The molecular formula is C11H16ClNO. The molecule has 0 N–H and O–H groups in total. The van der Waals surface area contributed by atoms with E-state index in [4.69, 9.17) is 16.3 Å². The van der Waals surface area contributed by atoms with Crippen LogP contribution in [0.4, 0.5) is 0 Å². The lowest BCUT2D eigenvalue weighted by molar-refractivity contribution is 0.304. The van der Waals surface area contributed by atoms with Gasteiger partial charge in [0.2, 0.25) is 0 Å². The molecule has 2 nitrogen and oxygen atoms in total. The van der Waals surface area contributed by atoms with E-state index in [1.165, 1.54) is 12.8 Å². The first-order valence-corrected chi connectivity index (χ1v) is 5.55. The van der Waals surface area contributed by atoms with Crippen LogP contribution in [-0.2, 0) is 0 Å². The van der Waals surface area contributed by atoms with Crippen LogP contribution in [-0.4, -0.2) is 17.5 Å². The second kappa shape index (κ2) is 7.63. The molecule has 78 valence electrons. The van der Waals surface area contributed by atoms with Crippen LogP contribution in [0.15, 0.2) is 24.5 Å². The summed E-state index contributed by atoms with van der Waals surface area (Å²) in [6.07, 6.45) is 8.05. The van der Waals surface area contributed by atoms with E-state index >= 15 is 0 Å². The molecule has 0 saturated heterocycles. The number of hydrogen-bond donors (Lipinski definition) is 0. The predicted octanol–water partition coefficient (Wildman–Crippen LogP) is 3.26. The lowest BCUT2D eigenvalue weighted by atomic mass is 10.2. The molecule has 1 aromatic rings. The van der Waals surface area contributed by atoms with Gasteiger partial charge in [-0.1, -0.05) is 12.8 Å². The number of halogens is 1. The van der Waals surface area contributed by atoms with E-state index in [0.29, 0.717) is 0 Å². The average Bonchev–Trinajstić information content (AvgIpc) is 2.25. The first-order chi connectivity index (χ1) is 6.93. The number of aromatic nitrogens is 1. The second-order valence-electron chi connectivity index (χ2n) is 3.14. The first kappa shape index (κ1) is 11.3. The summed E-state index contributed by atoms with van der Waals surface area (Å²) in [7, 11) is 0. The summed E-state index contributed by atoms with van der Waals surface area (Å²) in [5.41, 5.74) is 0. The molecule has 0 fully saturated rings. The van der Waals surface area contributed by atoms with Crippen molar-refractivity contribution in [2.45, 2.75) is 25.7 Å². The highest BCUT2D eigenvalue weighted by Crippen LogP contribution is 2.08. The minimum atomic E-state index is 0.767. The highest BCUT2D eigenvalue weighted by Gasteiger charge is 1.92. The molecule has 0 atom stereocenters. The molecule has 0 unspecified atom stereocenters. The molecule has 1 rings (SSSR count). The number of rotatable bonds is 7. The largest absolute Gasteiger partial charge is 0.492 e. The van der Waals surface area contributed by atoms with Crippen LogP contribution in [0.1, 0.15) is 25.7 Å². The van der Waals surface area contributed by atoms with Gasteiger partial charge in [0, 0.05) is 12.1 Å². The smallest absolute Gasteiger partial charge is 0.137 e. The van der Waals surface area contributed by atoms with Gasteiger partial charge in [-0.2, -0.15) is 0 Å². The fourth-order valence-corrected chi connectivity index (χ4v) is 1.36. The third-order valence-corrected chi connectivity index (χ3v) is 2.20. The maximum atomic E-state index is 5.57. The second-order valence-corrected chi connectivity index (χ2v) is 3.52. The molecular weight excluding hydrogens is 198 g/mol. The van der Waals surface area contributed by atoms with Crippen molar-refractivity contribution in [3.63, 3.8) is 0 Å². The van der Waals surface area contributed by atoms with Crippen LogP contribution < -0.4 is 4.74 Å². The molecule has 0 aliphatic rings. The Bertz CT molecular complexity index is 228. The molecule has 3 heteroatoms. The van der Waals surface area contributed by atoms with Crippen molar-refractivity contribution < 1.29 is 4.74 Å². The van der Waals surface area contributed by atoms with E-state index < -0.39 is 0 Å². The quantitative estimate of drug-likeness (QED) is 0.513. The Morgan fingerprint density at radius 1 is 1.21 bits per heavy atom. The van der Waals surface area contributed by atoms with E-state index in [2.05, 4.69) is 4.98 Å². The van der Waals surface area contributed by atoms with Crippen LogP contribution in [0, 0.1) is 0 Å². The Morgan fingerprint density at radius 3 is 2.79 bits per heavy atom. The van der Waals surface area contributed by atoms with Crippen molar-refractivity contribution in [3.05, 3.63) is 24.5 Å². The molecule has 0 aliphatic heterocycles. The van der Waals surface area contributed by atoms with Crippen molar-refractivity contribution in [3.8, 4) is 5.75 Å². The zero-order valence-corrected chi connectivity index (χ0v) is 9.04. The normalized spacial score (nSPS) is 10.1. The highest BCUT2D eigenvalue weighted by atomic mass is 35.5. The first-order valence-electron chi connectivity index (χ1n) is 5.02. The van der Waals surface area contributed by atoms with Gasteiger partial charge in [0.05, 0.1) is 12.8 Å². The molecule has 0 amide bonds. The van der Waals surface area contributed by atoms with Crippen molar-refractivity contribution in [1.29, 1.82) is 0 Å². The third kappa shape index (κ3) is 5.07. The van der Waals surface area contributed by atoms with Crippen LogP contribution >= 0.6 is 11.6 Å². The third-order valence-electron chi connectivity index (χ3n) is 1.93. The van der Waals surface area contributed by atoms with E-state index in [1.54, 1.807) is 12.4 Å². The van der Waals surface area contributed by atoms with Gasteiger partial charge in [-0.15, -0.1) is 11.6 Å². The van der Waals surface area contributed by atoms with Crippen molar-refractivity contribution >= 4 is 11.6 Å². The topological polar surface area (TPSA) is 22.1 Å². The molecule has 0 bridgehead atoms. The minimum absolute atomic E-state index is 0.767. The molecule has 1 heterocycles. The Balaban J connectivity index is 1.99. The van der Waals surface area contributed by atoms with Gasteiger partial charge in [0.25, 0.3) is 0 Å². The average molecular weight is 214 g/mol. The molecule has 0 radical (unpaired) electrons. The maximum Gasteiger partial charge on any atom is 0.137 e. The van der Waals surface area contributed by atoms with Gasteiger partial charge in [-0.25, -0.2) is 0 Å². The Labute approximate surface area is 90.3 Å². The summed E-state index contributed by atoms with van der Waals surface area (Å²) in [5, 5.41) is 0. The fourth-order valence-electron chi connectivity index (χ4n) is 1.17. The zero-order valence-electron chi connectivity index (χ0n) is 8.29. The summed E-state index contributed by atoms with van der Waals surface area (Å²) >= 11 is 5.57. The molecule has 0 saturated carbocycles.